The summed E-state index contributed by atoms with van der Waals surface area (Å²) in [6, 6.07) is 11.2. The molecule has 1 saturated carbocycles. The Bertz CT molecular complexity index is 1490. The number of sulfonamides is 1. The summed E-state index contributed by atoms with van der Waals surface area (Å²) in [6.07, 6.45) is 5.23. The van der Waals surface area contributed by atoms with Crippen LogP contribution in [0.25, 0.3) is 0 Å². The van der Waals surface area contributed by atoms with Gasteiger partial charge in [0.15, 0.2) is 0 Å². The summed E-state index contributed by atoms with van der Waals surface area (Å²) < 4.78 is 64.1. The van der Waals surface area contributed by atoms with Crippen LogP contribution in [-0.2, 0) is 21.3 Å². The monoisotopic (exact) mass is 589 g/mol. The van der Waals surface area contributed by atoms with Crippen LogP contribution < -0.4 is 0 Å². The van der Waals surface area contributed by atoms with Crippen LogP contribution in [0.3, 0.4) is 0 Å². The van der Waals surface area contributed by atoms with Crippen molar-refractivity contribution >= 4 is 27.7 Å². The highest BCUT2D eigenvalue weighted by Gasteiger charge is 2.60. The van der Waals surface area contributed by atoms with Crippen molar-refractivity contribution in [3.05, 3.63) is 94.8 Å². The summed E-state index contributed by atoms with van der Waals surface area (Å²) in [4.78, 5) is 18.7. The van der Waals surface area contributed by atoms with E-state index in [4.69, 9.17) is 16.3 Å². The lowest BCUT2D eigenvalue weighted by molar-refractivity contribution is -0.00897. The standard InChI is InChI=1S/C29H30ClF2N3O4S/c1-2-34(19-20-11-15-33-16-12-20)28(36)39-29(13-14-29)27-8-4-7-25(21-5-3-6-22(31)17-21)35(27)40(37,38)26-10-9-23(32)18-24(26)30/h3,5-6,9-12,15-18,25,27H,2,4,7-8,13-14,19H2,1H3/t25-,27+/m0/s1. The normalized spacial score (nSPS) is 20.6. The molecular weight excluding hydrogens is 560 g/mol. The molecule has 2 atom stereocenters. The molecule has 0 spiro atoms. The third-order valence-corrected chi connectivity index (χ3v) is 10.1. The van der Waals surface area contributed by atoms with Gasteiger partial charge < -0.3 is 9.64 Å². The van der Waals surface area contributed by atoms with Crippen LogP contribution in [0.15, 0.2) is 71.9 Å². The Morgan fingerprint density at radius 1 is 1.10 bits per heavy atom. The molecule has 0 unspecified atom stereocenters. The van der Waals surface area contributed by atoms with Gasteiger partial charge in [0.05, 0.1) is 17.1 Å². The SMILES string of the molecule is CCN(Cc1ccncc1)C(=O)OC1([C@H]2CCC[C@@H](c3cccc(F)c3)N2S(=O)(=O)c2ccc(F)cc2Cl)CC1. The first kappa shape index (κ1) is 28.4. The molecule has 2 aliphatic rings. The van der Waals surface area contributed by atoms with E-state index in [2.05, 4.69) is 4.98 Å². The minimum atomic E-state index is -4.32. The molecule has 5 rings (SSSR count). The zero-order valence-corrected chi connectivity index (χ0v) is 23.5. The molecule has 11 heteroatoms. The van der Waals surface area contributed by atoms with Gasteiger partial charge in [0.25, 0.3) is 0 Å². The predicted molar refractivity (Wildman–Crippen MR) is 146 cm³/mol. The van der Waals surface area contributed by atoms with E-state index in [-0.39, 0.29) is 9.92 Å². The second kappa shape index (κ2) is 11.4. The third-order valence-electron chi connectivity index (χ3n) is 7.66. The molecule has 3 aromatic rings. The van der Waals surface area contributed by atoms with Crippen LogP contribution in [0.1, 0.15) is 56.2 Å². The van der Waals surface area contributed by atoms with E-state index in [1.807, 2.05) is 19.1 Å². The molecule has 1 saturated heterocycles. The smallest absolute Gasteiger partial charge is 0.410 e. The van der Waals surface area contributed by atoms with Crippen molar-refractivity contribution in [2.24, 2.45) is 0 Å². The fourth-order valence-corrected chi connectivity index (χ4v) is 7.94. The number of halogens is 3. The highest BCUT2D eigenvalue weighted by molar-refractivity contribution is 7.89. The molecule has 0 radical (unpaired) electrons. The number of benzene rings is 2. The average Bonchev–Trinajstić information content (AvgIpc) is 3.72. The predicted octanol–water partition coefficient (Wildman–Crippen LogP) is 6.49. The molecule has 0 N–H and O–H groups in total. The van der Waals surface area contributed by atoms with Gasteiger partial charge in [0.2, 0.25) is 10.0 Å². The Balaban J connectivity index is 1.51. The highest BCUT2D eigenvalue weighted by Crippen LogP contribution is 2.53. The zero-order chi connectivity index (χ0) is 28.5. The topological polar surface area (TPSA) is 79.8 Å². The number of carbonyl (C=O) groups excluding carboxylic acids is 1. The van der Waals surface area contributed by atoms with Crippen LogP contribution in [0.5, 0.6) is 0 Å². The van der Waals surface area contributed by atoms with Crippen LogP contribution in [0.4, 0.5) is 13.6 Å². The van der Waals surface area contributed by atoms with E-state index in [0.717, 1.165) is 23.8 Å². The fourth-order valence-electron chi connectivity index (χ4n) is 5.51. The van der Waals surface area contributed by atoms with Crippen LogP contribution in [0, 0.1) is 11.6 Å². The van der Waals surface area contributed by atoms with Crippen molar-refractivity contribution in [3.8, 4) is 0 Å². The lowest BCUT2D eigenvalue weighted by Crippen LogP contribution is -2.54. The molecule has 1 amide bonds. The van der Waals surface area contributed by atoms with Crippen molar-refractivity contribution in [2.45, 2.75) is 68.2 Å². The van der Waals surface area contributed by atoms with Gasteiger partial charge in [-0.05, 0) is 92.6 Å². The maximum absolute atomic E-state index is 14.3. The van der Waals surface area contributed by atoms with Crippen molar-refractivity contribution in [1.29, 1.82) is 0 Å². The highest BCUT2D eigenvalue weighted by atomic mass is 35.5. The van der Waals surface area contributed by atoms with Gasteiger partial charge in [-0.2, -0.15) is 4.31 Å². The van der Waals surface area contributed by atoms with Gasteiger partial charge in [-0.25, -0.2) is 22.0 Å². The molecule has 1 aliphatic heterocycles. The number of rotatable bonds is 8. The summed E-state index contributed by atoms with van der Waals surface area (Å²) in [5, 5.41) is -0.251. The van der Waals surface area contributed by atoms with Crippen molar-refractivity contribution < 1.29 is 26.7 Å². The van der Waals surface area contributed by atoms with E-state index in [1.54, 1.807) is 23.4 Å². The summed E-state index contributed by atoms with van der Waals surface area (Å²) in [7, 11) is -4.32. The Morgan fingerprint density at radius 3 is 2.48 bits per heavy atom. The van der Waals surface area contributed by atoms with Crippen molar-refractivity contribution in [2.75, 3.05) is 6.54 Å². The molecule has 2 fully saturated rings. The number of ether oxygens (including phenoxy) is 1. The number of hydrogen-bond acceptors (Lipinski definition) is 5. The molecule has 2 heterocycles. The molecule has 1 aromatic heterocycles. The molecule has 0 bridgehead atoms. The first-order valence-corrected chi connectivity index (χ1v) is 15.1. The Kier molecular flexibility index (Phi) is 8.13. The van der Waals surface area contributed by atoms with Gasteiger partial charge in [0.1, 0.15) is 22.1 Å². The van der Waals surface area contributed by atoms with Crippen LogP contribution in [-0.4, -0.2) is 46.9 Å². The zero-order valence-electron chi connectivity index (χ0n) is 22.0. The van der Waals surface area contributed by atoms with Gasteiger partial charge in [-0.1, -0.05) is 23.7 Å². The van der Waals surface area contributed by atoms with Crippen LogP contribution >= 0.6 is 11.6 Å². The number of nitrogens with zero attached hydrogens (tertiary/aromatic N) is 3. The van der Waals surface area contributed by atoms with Crippen molar-refractivity contribution in [1.82, 2.24) is 14.2 Å². The minimum absolute atomic E-state index is 0.251. The van der Waals surface area contributed by atoms with E-state index in [0.29, 0.717) is 50.8 Å². The minimum Gasteiger partial charge on any atom is -0.441 e. The first-order valence-electron chi connectivity index (χ1n) is 13.3. The number of amides is 1. The quantitative estimate of drug-likeness (QED) is 0.300. The molecule has 2 aromatic carbocycles. The second-order valence-corrected chi connectivity index (χ2v) is 12.4. The van der Waals surface area contributed by atoms with Crippen molar-refractivity contribution in [3.63, 3.8) is 0 Å². The Hall–Kier alpha value is -3.08. The number of pyridine rings is 1. The van der Waals surface area contributed by atoms with Gasteiger partial charge in [-0.15, -0.1) is 0 Å². The molecule has 212 valence electrons. The first-order chi connectivity index (χ1) is 19.1. The lowest BCUT2D eigenvalue weighted by atomic mass is 9.90. The molecule has 7 nitrogen and oxygen atoms in total. The summed E-state index contributed by atoms with van der Waals surface area (Å²) >= 11 is 6.25. The summed E-state index contributed by atoms with van der Waals surface area (Å²) in [5.74, 6) is -1.15. The molecular formula is C29H30ClF2N3O4S. The second-order valence-electron chi connectivity index (χ2n) is 10.2. The average molecular weight is 590 g/mol. The fraction of sp³-hybridized carbons (Fsp3) is 0.379. The largest absolute Gasteiger partial charge is 0.441 e. The maximum atomic E-state index is 14.3. The molecule has 40 heavy (non-hydrogen) atoms. The lowest BCUT2D eigenvalue weighted by Gasteiger charge is -2.44. The van der Waals surface area contributed by atoms with Gasteiger partial charge in [0, 0.05) is 25.5 Å². The van der Waals surface area contributed by atoms with E-state index in [9.17, 15) is 22.0 Å². The number of carbonyl (C=O) groups is 1. The Morgan fingerprint density at radius 2 is 1.82 bits per heavy atom. The summed E-state index contributed by atoms with van der Waals surface area (Å²) in [5.41, 5.74) is 0.327. The number of hydrogen-bond donors (Lipinski definition) is 0. The summed E-state index contributed by atoms with van der Waals surface area (Å²) in [6.45, 7) is 2.55. The van der Waals surface area contributed by atoms with E-state index >= 15 is 0 Å². The number of aromatic nitrogens is 1. The number of piperidine rings is 1. The van der Waals surface area contributed by atoms with Crippen LogP contribution in [0.2, 0.25) is 5.02 Å². The van der Waals surface area contributed by atoms with Gasteiger partial charge in [-0.3, -0.25) is 4.98 Å². The van der Waals surface area contributed by atoms with E-state index < -0.39 is 45.4 Å². The third kappa shape index (κ3) is 5.70. The Labute approximate surface area is 237 Å². The maximum Gasteiger partial charge on any atom is 0.410 e. The molecule has 1 aliphatic carbocycles. The van der Waals surface area contributed by atoms with E-state index in [1.165, 1.54) is 22.5 Å². The van der Waals surface area contributed by atoms with Gasteiger partial charge >= 0.3 is 6.09 Å².